The molecular weight excluding hydrogens is 740 g/mol. The minimum atomic E-state index is -0.630. The average Bonchev–Trinajstić information content (AvgIpc) is 3.33. The topological polar surface area (TPSA) is 140 Å². The lowest BCUT2D eigenvalue weighted by Crippen LogP contribution is -2.18. The van der Waals surface area contributed by atoms with Crippen LogP contribution in [0, 0.1) is 10.1 Å². The minimum absolute atomic E-state index is 0.123. The molecule has 2 amide bonds. The zero-order valence-corrected chi connectivity index (χ0v) is 26.8. The van der Waals surface area contributed by atoms with Crippen molar-refractivity contribution in [2.45, 2.75) is 0 Å². The van der Waals surface area contributed by atoms with Crippen LogP contribution in [0.25, 0.3) is 10.1 Å². The largest absolute Gasteiger partial charge is 0.422 e. The number of hydrazone groups is 1. The van der Waals surface area contributed by atoms with Crippen LogP contribution in [0.5, 0.6) is 5.75 Å². The van der Waals surface area contributed by atoms with E-state index in [2.05, 4.69) is 47.7 Å². The van der Waals surface area contributed by atoms with Gasteiger partial charge in [-0.2, -0.15) is 5.10 Å². The van der Waals surface area contributed by atoms with E-state index in [0.29, 0.717) is 20.7 Å². The third-order valence-electron chi connectivity index (χ3n) is 6.07. The van der Waals surface area contributed by atoms with Crippen LogP contribution in [0.2, 0.25) is 5.02 Å². The van der Waals surface area contributed by atoms with Crippen molar-refractivity contribution in [3.05, 3.63) is 131 Å². The van der Waals surface area contributed by atoms with Crippen LogP contribution < -0.4 is 15.5 Å². The van der Waals surface area contributed by atoms with Crippen molar-refractivity contribution < 1.29 is 24.0 Å². The first-order valence-corrected chi connectivity index (χ1v) is 15.3. The molecule has 0 unspecified atom stereocenters. The fraction of sp³-hybridized carbons (Fsp3) is 0. The first kappa shape index (κ1) is 31.0. The van der Waals surface area contributed by atoms with Gasteiger partial charge in [-0.3, -0.25) is 19.7 Å². The number of benzene rings is 4. The molecule has 5 aromatic rings. The quantitative estimate of drug-likeness (QED) is 0.0538. The maximum Gasteiger partial charge on any atom is 0.355 e. The monoisotopic (exact) mass is 754 g/mol. The van der Waals surface area contributed by atoms with Crippen molar-refractivity contribution >= 4 is 100 Å². The number of carbonyl (C=O) groups excluding carboxylic acids is 3. The Balaban J connectivity index is 1.22. The van der Waals surface area contributed by atoms with Gasteiger partial charge in [-0.05, 0) is 66.7 Å². The number of non-ortho nitro benzene ring substituents is 1. The highest BCUT2D eigenvalue weighted by atomic mass is 79.9. The van der Waals surface area contributed by atoms with Crippen LogP contribution in [0.1, 0.15) is 36.0 Å². The van der Waals surface area contributed by atoms with E-state index in [1.807, 2.05) is 18.2 Å². The van der Waals surface area contributed by atoms with Gasteiger partial charge in [0.2, 0.25) is 0 Å². The highest BCUT2D eigenvalue weighted by Gasteiger charge is 2.20. The third kappa shape index (κ3) is 7.19. The van der Waals surface area contributed by atoms with Crippen LogP contribution >= 0.6 is 54.8 Å². The lowest BCUT2D eigenvalue weighted by Gasteiger charge is -2.08. The molecule has 1 heterocycles. The van der Waals surface area contributed by atoms with E-state index in [9.17, 15) is 24.5 Å². The SMILES string of the molecule is O=C(N/N=C\c1cc(Br)ccc1OC(=O)c1sc2cc(Br)ccc2c1Cl)c1ccc(NC(=O)c2ccc([N+](=O)[O-])cc2)cc1. The summed E-state index contributed by atoms with van der Waals surface area (Å²) in [6, 6.07) is 21.7. The maximum atomic E-state index is 13.0. The summed E-state index contributed by atoms with van der Waals surface area (Å²) in [5.41, 5.74) is 3.64. The van der Waals surface area contributed by atoms with Crippen molar-refractivity contribution in [2.24, 2.45) is 5.10 Å². The van der Waals surface area contributed by atoms with Crippen LogP contribution in [-0.2, 0) is 0 Å². The summed E-state index contributed by atoms with van der Waals surface area (Å²) in [7, 11) is 0. The molecule has 5 rings (SSSR count). The number of nitro groups is 1. The Labute approximate surface area is 275 Å². The van der Waals surface area contributed by atoms with Crippen LogP contribution in [0.4, 0.5) is 11.4 Å². The highest BCUT2D eigenvalue weighted by molar-refractivity contribution is 9.10. The van der Waals surface area contributed by atoms with Gasteiger partial charge in [-0.15, -0.1) is 11.3 Å². The Bertz CT molecular complexity index is 1960. The van der Waals surface area contributed by atoms with Gasteiger partial charge in [0.1, 0.15) is 10.6 Å². The molecule has 220 valence electrons. The van der Waals surface area contributed by atoms with Gasteiger partial charge in [0.05, 0.1) is 16.2 Å². The second kappa shape index (κ2) is 13.5. The Hall–Kier alpha value is -4.43. The van der Waals surface area contributed by atoms with Crippen molar-refractivity contribution in [3.63, 3.8) is 0 Å². The number of rotatable bonds is 8. The summed E-state index contributed by atoms with van der Waals surface area (Å²) < 4.78 is 8.03. The molecule has 0 radical (unpaired) electrons. The van der Waals surface area contributed by atoms with Crippen molar-refractivity contribution in [1.82, 2.24) is 5.43 Å². The Morgan fingerprint density at radius 2 is 1.52 bits per heavy atom. The number of fused-ring (bicyclic) bond motifs is 1. The number of anilines is 1. The Morgan fingerprint density at radius 1 is 0.886 bits per heavy atom. The molecule has 0 aliphatic rings. The average molecular weight is 757 g/mol. The van der Waals surface area contributed by atoms with E-state index in [1.165, 1.54) is 66.1 Å². The normalized spacial score (nSPS) is 11.0. The fourth-order valence-electron chi connectivity index (χ4n) is 3.90. The van der Waals surface area contributed by atoms with Crippen LogP contribution in [0.15, 0.2) is 99.0 Å². The maximum absolute atomic E-state index is 13.0. The molecule has 0 spiro atoms. The van der Waals surface area contributed by atoms with E-state index >= 15 is 0 Å². The lowest BCUT2D eigenvalue weighted by molar-refractivity contribution is -0.384. The van der Waals surface area contributed by atoms with Crippen LogP contribution in [0.3, 0.4) is 0 Å². The van der Waals surface area contributed by atoms with E-state index in [0.717, 1.165) is 14.6 Å². The number of ether oxygens (including phenoxy) is 1. The molecule has 0 atom stereocenters. The highest BCUT2D eigenvalue weighted by Crippen LogP contribution is 2.37. The molecule has 0 aliphatic heterocycles. The third-order valence-corrected chi connectivity index (χ3v) is 8.69. The number of amides is 2. The molecule has 0 saturated heterocycles. The van der Waals surface area contributed by atoms with Crippen LogP contribution in [-0.4, -0.2) is 28.9 Å². The standard InChI is InChI=1S/C30H17Br2ClN4O6S/c31-19-6-12-24(43-30(40)27-26(33)23-11-5-20(32)14-25(23)44-27)18(13-19)15-34-36-29(39)17-1-7-21(8-2-17)35-28(38)16-3-9-22(10-4-16)37(41)42/h1-15H,(H,35,38)(H,36,39)/b34-15-. The van der Waals surface area contributed by atoms with E-state index in [4.69, 9.17) is 16.3 Å². The summed E-state index contributed by atoms with van der Waals surface area (Å²) in [5.74, 6) is -1.41. The number of thiophene rings is 1. The minimum Gasteiger partial charge on any atom is -0.422 e. The van der Waals surface area contributed by atoms with E-state index < -0.39 is 22.7 Å². The fourth-order valence-corrected chi connectivity index (χ4v) is 6.21. The Morgan fingerprint density at radius 3 is 2.23 bits per heavy atom. The summed E-state index contributed by atoms with van der Waals surface area (Å²) in [4.78, 5) is 48.6. The zero-order valence-electron chi connectivity index (χ0n) is 22.0. The van der Waals surface area contributed by atoms with E-state index in [-0.39, 0.29) is 27.4 Å². The summed E-state index contributed by atoms with van der Waals surface area (Å²) in [6.07, 6.45) is 1.34. The molecule has 1 aromatic heterocycles. The predicted molar refractivity (Wildman–Crippen MR) is 176 cm³/mol. The Kier molecular flexibility index (Phi) is 9.49. The number of nitrogens with one attached hydrogen (secondary N) is 2. The molecule has 2 N–H and O–H groups in total. The van der Waals surface area contributed by atoms with Gasteiger partial charge in [0, 0.05) is 53.5 Å². The molecule has 44 heavy (non-hydrogen) atoms. The smallest absolute Gasteiger partial charge is 0.355 e. The number of nitro benzene ring substituents is 1. The van der Waals surface area contributed by atoms with Gasteiger partial charge in [0.15, 0.2) is 0 Å². The molecular formula is C30H17Br2ClN4O6S. The van der Waals surface area contributed by atoms with Gasteiger partial charge < -0.3 is 10.1 Å². The summed E-state index contributed by atoms with van der Waals surface area (Å²) >= 11 is 14.5. The predicted octanol–water partition coefficient (Wildman–Crippen LogP) is 8.22. The zero-order chi connectivity index (χ0) is 31.4. The van der Waals surface area contributed by atoms with Crippen molar-refractivity contribution in [3.8, 4) is 5.75 Å². The number of esters is 1. The molecule has 0 aliphatic carbocycles. The first-order chi connectivity index (χ1) is 21.1. The van der Waals surface area contributed by atoms with Gasteiger partial charge in [0.25, 0.3) is 17.5 Å². The molecule has 0 fully saturated rings. The lowest BCUT2D eigenvalue weighted by atomic mass is 10.1. The second-order valence-electron chi connectivity index (χ2n) is 8.99. The molecule has 14 heteroatoms. The number of nitrogens with zero attached hydrogens (tertiary/aromatic N) is 2. The number of halogens is 3. The summed E-state index contributed by atoms with van der Waals surface area (Å²) in [6.45, 7) is 0. The van der Waals surface area contributed by atoms with E-state index in [1.54, 1.807) is 18.2 Å². The van der Waals surface area contributed by atoms with Gasteiger partial charge >= 0.3 is 5.97 Å². The number of carbonyl (C=O) groups is 3. The first-order valence-electron chi connectivity index (χ1n) is 12.5. The van der Waals surface area contributed by atoms with Gasteiger partial charge in [-0.25, -0.2) is 10.2 Å². The second-order valence-corrected chi connectivity index (χ2v) is 12.3. The summed E-state index contributed by atoms with van der Waals surface area (Å²) in [5, 5.41) is 18.5. The molecule has 10 nitrogen and oxygen atoms in total. The molecule has 0 saturated carbocycles. The van der Waals surface area contributed by atoms with Crippen molar-refractivity contribution in [2.75, 3.05) is 5.32 Å². The molecule has 0 bridgehead atoms. The molecule has 4 aromatic carbocycles. The number of hydrogen-bond donors (Lipinski definition) is 2. The van der Waals surface area contributed by atoms with Gasteiger partial charge in [-0.1, -0.05) is 49.5 Å². The number of hydrogen-bond acceptors (Lipinski definition) is 8. The van der Waals surface area contributed by atoms with Crippen molar-refractivity contribution in [1.29, 1.82) is 0 Å².